The molecule has 0 atom stereocenters. The standard InChI is InChI=1S/C16H21N5O3.C15H18FN5O2/c1-18-15(22)14(17-19(2)16(18)23)21-10-8-20(9-11-21)12-4-6-13(24-3)7-5-12;1-18-14(22)13(17-19(2)15(18)23)21-9-7-20(8-10-21)12-5-3-11(16)4-6-12/h4-7H,8-11H2,1-3H3;3-6H,7-10H2,1-2H3. The largest absolute Gasteiger partial charge is 0.497 e. The highest BCUT2D eigenvalue weighted by atomic mass is 19.1. The quantitative estimate of drug-likeness (QED) is 0.283. The lowest BCUT2D eigenvalue weighted by molar-refractivity contribution is 0.415. The van der Waals surface area contributed by atoms with Gasteiger partial charge >= 0.3 is 11.4 Å². The molecule has 0 aliphatic carbocycles. The highest BCUT2D eigenvalue weighted by Gasteiger charge is 2.24. The number of benzene rings is 2. The Morgan fingerprint density at radius 2 is 0.894 bits per heavy atom. The van der Waals surface area contributed by atoms with Gasteiger partial charge in [0.1, 0.15) is 11.6 Å². The number of anilines is 4. The van der Waals surface area contributed by atoms with Crippen molar-refractivity contribution in [1.29, 1.82) is 0 Å². The summed E-state index contributed by atoms with van der Waals surface area (Å²) in [5.41, 5.74) is 0.479. The number of aromatic nitrogens is 6. The Morgan fingerprint density at radius 1 is 0.553 bits per heavy atom. The zero-order valence-corrected chi connectivity index (χ0v) is 27.2. The van der Waals surface area contributed by atoms with Crippen LogP contribution in [-0.4, -0.2) is 88.2 Å². The predicted molar refractivity (Wildman–Crippen MR) is 178 cm³/mol. The molecule has 15 nitrogen and oxygen atoms in total. The Kier molecular flexibility index (Phi) is 9.77. The fourth-order valence-corrected chi connectivity index (χ4v) is 5.56. The van der Waals surface area contributed by atoms with Crippen LogP contribution in [0.3, 0.4) is 0 Å². The van der Waals surface area contributed by atoms with E-state index in [1.54, 1.807) is 26.3 Å². The third-order valence-electron chi connectivity index (χ3n) is 8.40. The molecule has 6 rings (SSSR count). The van der Waals surface area contributed by atoms with E-state index in [1.165, 1.54) is 42.6 Å². The van der Waals surface area contributed by atoms with Crippen LogP contribution in [0, 0.1) is 5.82 Å². The van der Waals surface area contributed by atoms with Crippen LogP contribution in [-0.2, 0) is 28.2 Å². The van der Waals surface area contributed by atoms with E-state index in [9.17, 15) is 23.6 Å². The molecule has 16 heteroatoms. The number of hydrogen-bond acceptors (Lipinski definition) is 11. The van der Waals surface area contributed by atoms with Gasteiger partial charge in [-0.05, 0) is 48.5 Å². The average Bonchev–Trinajstić information content (AvgIpc) is 3.10. The van der Waals surface area contributed by atoms with Crippen molar-refractivity contribution in [2.45, 2.75) is 0 Å². The third-order valence-corrected chi connectivity index (χ3v) is 8.40. The van der Waals surface area contributed by atoms with Gasteiger partial charge in [-0.25, -0.2) is 23.3 Å². The van der Waals surface area contributed by atoms with E-state index in [-0.39, 0.29) is 22.8 Å². The zero-order valence-electron chi connectivity index (χ0n) is 27.2. The Labute approximate surface area is 269 Å². The number of ether oxygens (including phenoxy) is 1. The Morgan fingerprint density at radius 3 is 1.26 bits per heavy atom. The van der Waals surface area contributed by atoms with Crippen LogP contribution < -0.4 is 46.8 Å². The second kappa shape index (κ2) is 13.9. The van der Waals surface area contributed by atoms with E-state index in [1.807, 2.05) is 34.1 Å². The van der Waals surface area contributed by atoms with Crippen molar-refractivity contribution in [2.75, 3.05) is 79.1 Å². The van der Waals surface area contributed by atoms with Crippen molar-refractivity contribution in [3.05, 3.63) is 96.0 Å². The third kappa shape index (κ3) is 7.05. The summed E-state index contributed by atoms with van der Waals surface area (Å²) in [5, 5.41) is 8.23. The molecule has 2 aliphatic heterocycles. The van der Waals surface area contributed by atoms with Crippen LogP contribution in [0.2, 0.25) is 0 Å². The summed E-state index contributed by atoms with van der Waals surface area (Å²) in [7, 11) is 7.65. The van der Waals surface area contributed by atoms with Crippen LogP contribution >= 0.6 is 0 Å². The van der Waals surface area contributed by atoms with Crippen LogP contribution in [0.25, 0.3) is 0 Å². The number of rotatable bonds is 5. The molecule has 2 aliphatic rings. The molecular weight excluding hydrogens is 611 g/mol. The number of aryl methyl sites for hydroxylation is 2. The Hall–Kier alpha value is -5.41. The van der Waals surface area contributed by atoms with Gasteiger partial charge in [0.25, 0.3) is 11.1 Å². The first-order valence-electron chi connectivity index (χ1n) is 15.2. The number of hydrogen-bond donors (Lipinski definition) is 0. The summed E-state index contributed by atoms with van der Waals surface area (Å²) in [5.74, 6) is 1.18. The van der Waals surface area contributed by atoms with Crippen molar-refractivity contribution in [3.63, 3.8) is 0 Å². The summed E-state index contributed by atoms with van der Waals surface area (Å²) in [4.78, 5) is 56.1. The van der Waals surface area contributed by atoms with Gasteiger partial charge < -0.3 is 24.3 Å². The topological polar surface area (TPSA) is 136 Å². The highest BCUT2D eigenvalue weighted by molar-refractivity contribution is 5.51. The van der Waals surface area contributed by atoms with Gasteiger partial charge in [0.15, 0.2) is 0 Å². The van der Waals surface area contributed by atoms with Crippen LogP contribution in [0.1, 0.15) is 0 Å². The summed E-state index contributed by atoms with van der Waals surface area (Å²) in [6.45, 7) is 5.51. The maximum absolute atomic E-state index is 13.0. The fraction of sp³-hybridized carbons (Fsp3) is 0.419. The van der Waals surface area contributed by atoms with Crippen LogP contribution in [0.4, 0.5) is 27.4 Å². The zero-order chi connectivity index (χ0) is 33.8. The lowest BCUT2D eigenvalue weighted by atomic mass is 10.2. The molecule has 2 saturated heterocycles. The molecule has 0 N–H and O–H groups in total. The minimum Gasteiger partial charge on any atom is -0.497 e. The van der Waals surface area contributed by atoms with Gasteiger partial charge in [-0.15, -0.1) is 10.2 Å². The number of halogens is 1. The molecule has 0 bridgehead atoms. The summed E-state index contributed by atoms with van der Waals surface area (Å²) in [6, 6.07) is 14.3. The molecule has 0 unspecified atom stereocenters. The fourth-order valence-electron chi connectivity index (χ4n) is 5.56. The predicted octanol–water partition coefficient (Wildman–Crippen LogP) is -0.241. The molecule has 0 spiro atoms. The normalized spacial score (nSPS) is 14.9. The Balaban J connectivity index is 0.000000185. The maximum atomic E-state index is 13.0. The van der Waals surface area contributed by atoms with Gasteiger partial charge in [0.2, 0.25) is 11.6 Å². The van der Waals surface area contributed by atoms with Gasteiger partial charge in [-0.1, -0.05) is 0 Å². The molecule has 2 fully saturated rings. The summed E-state index contributed by atoms with van der Waals surface area (Å²) < 4.78 is 22.7. The second-order valence-electron chi connectivity index (χ2n) is 11.3. The van der Waals surface area contributed by atoms with Crippen LogP contribution in [0.5, 0.6) is 5.75 Å². The van der Waals surface area contributed by atoms with Gasteiger partial charge in [-0.2, -0.15) is 0 Å². The van der Waals surface area contributed by atoms with E-state index < -0.39 is 11.4 Å². The highest BCUT2D eigenvalue weighted by Crippen LogP contribution is 2.21. The summed E-state index contributed by atoms with van der Waals surface area (Å²) in [6.07, 6.45) is 0. The van der Waals surface area contributed by atoms with Gasteiger partial charge in [-0.3, -0.25) is 18.7 Å². The lowest BCUT2D eigenvalue weighted by Crippen LogP contribution is -2.50. The minimum atomic E-state index is -0.441. The molecule has 2 aromatic heterocycles. The molecular formula is C31H39FN10O5. The summed E-state index contributed by atoms with van der Waals surface area (Å²) >= 11 is 0. The molecule has 4 aromatic rings. The smallest absolute Gasteiger partial charge is 0.346 e. The van der Waals surface area contributed by atoms with Gasteiger partial charge in [0, 0.05) is 91.9 Å². The second-order valence-corrected chi connectivity index (χ2v) is 11.3. The van der Waals surface area contributed by atoms with Crippen molar-refractivity contribution in [2.24, 2.45) is 28.2 Å². The van der Waals surface area contributed by atoms with Crippen molar-refractivity contribution in [1.82, 2.24) is 28.7 Å². The molecule has 47 heavy (non-hydrogen) atoms. The minimum absolute atomic E-state index is 0.259. The molecule has 4 heterocycles. The van der Waals surface area contributed by atoms with E-state index in [2.05, 4.69) is 20.0 Å². The maximum Gasteiger partial charge on any atom is 0.346 e. The number of methoxy groups -OCH3 is 1. The van der Waals surface area contributed by atoms with E-state index in [4.69, 9.17) is 4.74 Å². The molecule has 250 valence electrons. The first-order valence-corrected chi connectivity index (χ1v) is 15.2. The molecule has 0 saturated carbocycles. The SMILES string of the molecule is COc1ccc(N2CCN(c3nn(C)c(=O)n(C)c3=O)CC2)cc1.Cn1nc(N2CCN(c3ccc(F)cc3)CC2)c(=O)n(C)c1=O. The van der Waals surface area contributed by atoms with E-state index in [0.29, 0.717) is 45.1 Å². The average molecular weight is 651 g/mol. The monoisotopic (exact) mass is 650 g/mol. The van der Waals surface area contributed by atoms with Gasteiger partial charge in [0.05, 0.1) is 7.11 Å². The van der Waals surface area contributed by atoms with Crippen LogP contribution in [0.15, 0.2) is 67.7 Å². The van der Waals surface area contributed by atoms with E-state index >= 15 is 0 Å². The van der Waals surface area contributed by atoms with E-state index in [0.717, 1.165) is 39.3 Å². The molecule has 0 radical (unpaired) electrons. The Bertz CT molecular complexity index is 1940. The van der Waals surface area contributed by atoms with Crippen molar-refractivity contribution >= 4 is 23.0 Å². The first-order chi connectivity index (χ1) is 22.5. The lowest BCUT2D eigenvalue weighted by Gasteiger charge is -2.36. The number of piperazine rings is 2. The molecule has 2 aromatic carbocycles. The van der Waals surface area contributed by atoms with Crippen molar-refractivity contribution in [3.8, 4) is 5.75 Å². The molecule has 0 amide bonds. The first kappa shape index (κ1) is 33.0. The number of nitrogens with zero attached hydrogens (tertiary/aromatic N) is 10. The van der Waals surface area contributed by atoms with Crippen molar-refractivity contribution < 1.29 is 9.13 Å².